The highest BCUT2D eigenvalue weighted by Crippen LogP contribution is 2.40. The maximum atomic E-state index is 11.7. The molecule has 0 aromatic heterocycles. The van der Waals surface area contributed by atoms with Gasteiger partial charge in [-0.2, -0.15) is 0 Å². The van der Waals surface area contributed by atoms with E-state index in [4.69, 9.17) is 9.47 Å². The second-order valence-electron chi connectivity index (χ2n) is 4.17. The molecule has 20 heavy (non-hydrogen) atoms. The van der Waals surface area contributed by atoms with E-state index in [-0.39, 0.29) is 24.1 Å². The molecule has 0 bridgehead atoms. The van der Waals surface area contributed by atoms with Gasteiger partial charge in [0.1, 0.15) is 5.69 Å². The van der Waals surface area contributed by atoms with Crippen molar-refractivity contribution in [2.24, 2.45) is 0 Å². The second-order valence-corrected chi connectivity index (χ2v) is 4.97. The molecule has 1 aromatic carbocycles. The molecule has 0 aliphatic carbocycles. The molecular formula is C12H13BrN2O5. The van der Waals surface area contributed by atoms with Gasteiger partial charge in [0, 0.05) is 17.8 Å². The highest BCUT2D eigenvalue weighted by Gasteiger charge is 2.24. The smallest absolute Gasteiger partial charge is 0.296 e. The predicted molar refractivity (Wildman–Crippen MR) is 75.5 cm³/mol. The monoisotopic (exact) mass is 344 g/mol. The molecule has 0 spiro atoms. The Morgan fingerprint density at radius 1 is 1.35 bits per heavy atom. The Morgan fingerprint density at radius 3 is 2.70 bits per heavy atom. The average molecular weight is 345 g/mol. The zero-order chi connectivity index (χ0) is 14.5. The van der Waals surface area contributed by atoms with E-state index in [1.54, 1.807) is 0 Å². The molecule has 0 saturated heterocycles. The van der Waals surface area contributed by atoms with Crippen LogP contribution in [0, 0.1) is 10.1 Å². The van der Waals surface area contributed by atoms with E-state index >= 15 is 0 Å². The summed E-state index contributed by atoms with van der Waals surface area (Å²) in [5, 5.41) is 14.4. The van der Waals surface area contributed by atoms with Crippen LogP contribution in [0.25, 0.3) is 0 Å². The lowest BCUT2D eigenvalue weighted by molar-refractivity contribution is -0.384. The lowest BCUT2D eigenvalue weighted by Gasteiger charge is -2.07. The molecule has 1 N–H and O–H groups in total. The van der Waals surface area contributed by atoms with E-state index in [0.717, 1.165) is 18.2 Å². The van der Waals surface area contributed by atoms with Crippen molar-refractivity contribution >= 4 is 33.2 Å². The third-order valence-electron chi connectivity index (χ3n) is 2.75. The second kappa shape index (κ2) is 6.56. The van der Waals surface area contributed by atoms with Gasteiger partial charge < -0.3 is 14.8 Å². The molecule has 7 nitrogen and oxygen atoms in total. The quantitative estimate of drug-likeness (QED) is 0.371. The number of carbonyl (C=O) groups excluding carboxylic acids is 1. The number of nitro benzene ring substituents is 1. The number of ether oxygens (including phenoxy) is 2. The van der Waals surface area contributed by atoms with Crippen LogP contribution in [0.5, 0.6) is 11.5 Å². The largest absolute Gasteiger partial charge is 0.454 e. The van der Waals surface area contributed by atoms with Crippen LogP contribution in [-0.2, 0) is 4.79 Å². The third-order valence-corrected chi connectivity index (χ3v) is 3.31. The number of nitro groups is 1. The molecule has 8 heteroatoms. The summed E-state index contributed by atoms with van der Waals surface area (Å²) in [6.45, 7) is 0.0230. The first-order chi connectivity index (χ1) is 9.61. The number of hydrogen-bond acceptors (Lipinski definition) is 5. The van der Waals surface area contributed by atoms with Crippen LogP contribution in [0.2, 0.25) is 0 Å². The van der Waals surface area contributed by atoms with Crippen molar-refractivity contribution in [2.45, 2.75) is 19.3 Å². The SMILES string of the molecule is O=C(CCCCBr)Nc1cc2c(cc1[N+](=O)[O-])OCO2. The van der Waals surface area contributed by atoms with Crippen molar-refractivity contribution in [3.05, 3.63) is 22.2 Å². The standard InChI is InChI=1S/C12H13BrN2O5/c13-4-2-1-3-12(16)14-8-5-10-11(20-7-19-10)6-9(8)15(17)18/h5-6H,1-4,7H2,(H,14,16). The van der Waals surface area contributed by atoms with Gasteiger partial charge in [-0.15, -0.1) is 0 Å². The van der Waals surface area contributed by atoms with Crippen molar-refractivity contribution in [3.63, 3.8) is 0 Å². The Kier molecular flexibility index (Phi) is 4.78. The zero-order valence-corrected chi connectivity index (χ0v) is 12.1. The summed E-state index contributed by atoms with van der Waals surface area (Å²) in [7, 11) is 0. The lowest BCUT2D eigenvalue weighted by Crippen LogP contribution is -2.12. The van der Waals surface area contributed by atoms with Crippen molar-refractivity contribution in [1.29, 1.82) is 0 Å². The maximum Gasteiger partial charge on any atom is 0.296 e. The topological polar surface area (TPSA) is 90.7 Å². The minimum absolute atomic E-state index is 0.0230. The van der Waals surface area contributed by atoms with E-state index in [1.165, 1.54) is 12.1 Å². The molecule has 1 heterocycles. The van der Waals surface area contributed by atoms with E-state index < -0.39 is 4.92 Å². The molecule has 108 valence electrons. The van der Waals surface area contributed by atoms with Crippen molar-refractivity contribution in [2.75, 3.05) is 17.4 Å². The van der Waals surface area contributed by atoms with Gasteiger partial charge in [0.15, 0.2) is 11.5 Å². The molecule has 1 amide bonds. The number of amides is 1. The maximum absolute atomic E-state index is 11.7. The Hall–Kier alpha value is -1.83. The summed E-state index contributed by atoms with van der Waals surface area (Å²) in [5.41, 5.74) is -0.0776. The summed E-state index contributed by atoms with van der Waals surface area (Å²) >= 11 is 3.28. The first kappa shape index (κ1) is 14.6. The van der Waals surface area contributed by atoms with Crippen LogP contribution in [0.4, 0.5) is 11.4 Å². The fraction of sp³-hybridized carbons (Fsp3) is 0.417. The lowest BCUT2D eigenvalue weighted by atomic mass is 10.2. The molecule has 0 saturated carbocycles. The molecule has 0 radical (unpaired) electrons. The van der Waals surface area contributed by atoms with Gasteiger partial charge in [-0.1, -0.05) is 15.9 Å². The predicted octanol–water partition coefficient (Wildman–Crippen LogP) is 2.83. The molecular weight excluding hydrogens is 332 g/mol. The highest BCUT2D eigenvalue weighted by molar-refractivity contribution is 9.09. The van der Waals surface area contributed by atoms with E-state index in [2.05, 4.69) is 21.2 Å². The normalized spacial score (nSPS) is 12.2. The molecule has 1 aliphatic rings. The zero-order valence-electron chi connectivity index (χ0n) is 10.6. The van der Waals surface area contributed by atoms with Crippen LogP contribution in [0.1, 0.15) is 19.3 Å². The molecule has 1 aliphatic heterocycles. The summed E-state index contributed by atoms with van der Waals surface area (Å²) in [6.07, 6.45) is 1.91. The van der Waals surface area contributed by atoms with Crippen molar-refractivity contribution in [1.82, 2.24) is 0 Å². The molecule has 0 atom stereocenters. The average Bonchev–Trinajstić information content (AvgIpc) is 2.85. The van der Waals surface area contributed by atoms with Gasteiger partial charge in [0.25, 0.3) is 5.69 Å². The van der Waals surface area contributed by atoms with Gasteiger partial charge in [-0.3, -0.25) is 14.9 Å². The van der Waals surface area contributed by atoms with E-state index in [1.807, 2.05) is 0 Å². The number of fused-ring (bicyclic) bond motifs is 1. The fourth-order valence-corrected chi connectivity index (χ4v) is 2.17. The summed E-state index contributed by atoms with van der Waals surface area (Å²) in [4.78, 5) is 22.2. The number of benzene rings is 1. The molecule has 0 unspecified atom stereocenters. The number of nitrogens with one attached hydrogen (secondary N) is 1. The van der Waals surface area contributed by atoms with Crippen LogP contribution in [-0.4, -0.2) is 23.0 Å². The number of rotatable bonds is 6. The van der Waals surface area contributed by atoms with E-state index in [0.29, 0.717) is 17.9 Å². The molecule has 2 rings (SSSR count). The van der Waals surface area contributed by atoms with Gasteiger partial charge >= 0.3 is 0 Å². The van der Waals surface area contributed by atoms with E-state index in [9.17, 15) is 14.9 Å². The molecule has 1 aromatic rings. The summed E-state index contributed by atoms with van der Waals surface area (Å²) < 4.78 is 10.2. The Labute approximate surface area is 123 Å². The first-order valence-corrected chi connectivity index (χ1v) is 7.18. The third kappa shape index (κ3) is 3.38. The number of anilines is 1. The van der Waals surface area contributed by atoms with Gasteiger partial charge in [0.2, 0.25) is 12.7 Å². The van der Waals surface area contributed by atoms with Crippen LogP contribution in [0.15, 0.2) is 12.1 Å². The minimum atomic E-state index is -0.559. The fourth-order valence-electron chi connectivity index (χ4n) is 1.78. The molecule has 0 fully saturated rings. The van der Waals surface area contributed by atoms with Gasteiger partial charge in [0.05, 0.1) is 11.0 Å². The number of carbonyl (C=O) groups is 1. The van der Waals surface area contributed by atoms with Crippen molar-refractivity contribution in [3.8, 4) is 11.5 Å². The number of alkyl halides is 1. The highest BCUT2D eigenvalue weighted by atomic mass is 79.9. The number of halogens is 1. The van der Waals surface area contributed by atoms with Crippen molar-refractivity contribution < 1.29 is 19.2 Å². The first-order valence-electron chi connectivity index (χ1n) is 6.05. The Balaban J connectivity index is 2.13. The van der Waals surface area contributed by atoms with Crippen LogP contribution < -0.4 is 14.8 Å². The van der Waals surface area contributed by atoms with Crippen LogP contribution in [0.3, 0.4) is 0 Å². The Bertz CT molecular complexity index is 535. The summed E-state index contributed by atoms with van der Waals surface area (Å²) in [5.74, 6) is 0.452. The summed E-state index contributed by atoms with van der Waals surface area (Å²) in [6, 6.07) is 2.68. The van der Waals surface area contributed by atoms with Crippen LogP contribution >= 0.6 is 15.9 Å². The van der Waals surface area contributed by atoms with Gasteiger partial charge in [-0.05, 0) is 12.8 Å². The number of nitrogens with zero attached hydrogens (tertiary/aromatic N) is 1. The van der Waals surface area contributed by atoms with Gasteiger partial charge in [-0.25, -0.2) is 0 Å². The number of unbranched alkanes of at least 4 members (excludes halogenated alkanes) is 1. The minimum Gasteiger partial charge on any atom is -0.454 e. The Morgan fingerprint density at radius 2 is 2.05 bits per heavy atom. The number of hydrogen-bond donors (Lipinski definition) is 1.